The molecule has 0 spiro atoms. The Kier molecular flexibility index (Phi) is 5.09. The third kappa shape index (κ3) is 3.73. The third-order valence-electron chi connectivity index (χ3n) is 4.82. The first-order valence-corrected chi connectivity index (χ1v) is 8.75. The van der Waals surface area contributed by atoms with Crippen LogP contribution in [0.4, 0.5) is 0 Å². The highest BCUT2D eigenvalue weighted by Gasteiger charge is 2.31. The van der Waals surface area contributed by atoms with Crippen LogP contribution in [0.2, 0.25) is 0 Å². The molecular formula is C19H28N4O. The van der Waals surface area contributed by atoms with Crippen molar-refractivity contribution in [3.8, 4) is 0 Å². The van der Waals surface area contributed by atoms with Gasteiger partial charge in [-0.05, 0) is 31.9 Å². The Labute approximate surface area is 144 Å². The summed E-state index contributed by atoms with van der Waals surface area (Å²) in [5.74, 6) is 2.36. The smallest absolute Gasteiger partial charge is 0.191 e. The maximum absolute atomic E-state index is 5.85. The maximum Gasteiger partial charge on any atom is 0.191 e. The van der Waals surface area contributed by atoms with Gasteiger partial charge < -0.3 is 15.1 Å². The number of hydrogen-bond acceptors (Lipinski definition) is 3. The summed E-state index contributed by atoms with van der Waals surface area (Å²) in [7, 11) is 1.81. The number of rotatable bonds is 4. The Morgan fingerprint density at radius 2 is 2.12 bits per heavy atom. The van der Waals surface area contributed by atoms with Crippen LogP contribution in [0.25, 0.3) is 11.0 Å². The minimum absolute atomic E-state index is 0.425. The fourth-order valence-corrected chi connectivity index (χ4v) is 3.28. The van der Waals surface area contributed by atoms with Gasteiger partial charge in [-0.15, -0.1) is 0 Å². The standard InChI is InChI=1S/C19H28N4O/c1-13(2)23-11-14(3)17(12-23)22-19(20-4)21-10-16-9-15-7-5-6-8-18(15)24-16/h5-9,13-14,17H,10-12H2,1-4H3,(H2,20,21,22). The van der Waals surface area contributed by atoms with Gasteiger partial charge in [0.25, 0.3) is 0 Å². The average molecular weight is 328 g/mol. The van der Waals surface area contributed by atoms with Crippen molar-refractivity contribution in [2.45, 2.75) is 39.4 Å². The highest BCUT2D eigenvalue weighted by molar-refractivity contribution is 5.80. The van der Waals surface area contributed by atoms with Gasteiger partial charge in [-0.3, -0.25) is 9.89 Å². The van der Waals surface area contributed by atoms with Crippen molar-refractivity contribution in [3.63, 3.8) is 0 Å². The summed E-state index contributed by atoms with van der Waals surface area (Å²) in [4.78, 5) is 6.87. The number of likely N-dealkylation sites (tertiary alicyclic amines) is 1. The van der Waals surface area contributed by atoms with Crippen LogP contribution in [0.3, 0.4) is 0 Å². The van der Waals surface area contributed by atoms with E-state index in [0.29, 0.717) is 24.5 Å². The van der Waals surface area contributed by atoms with Crippen LogP contribution in [-0.4, -0.2) is 43.1 Å². The lowest BCUT2D eigenvalue weighted by molar-refractivity contribution is 0.265. The van der Waals surface area contributed by atoms with E-state index in [0.717, 1.165) is 35.8 Å². The molecule has 130 valence electrons. The molecule has 2 aromatic rings. The molecule has 1 aliphatic rings. The zero-order chi connectivity index (χ0) is 17.1. The number of fused-ring (bicyclic) bond motifs is 1. The summed E-state index contributed by atoms with van der Waals surface area (Å²) >= 11 is 0. The van der Waals surface area contributed by atoms with Gasteiger partial charge in [0.2, 0.25) is 0 Å². The highest BCUT2D eigenvalue weighted by Crippen LogP contribution is 2.19. The van der Waals surface area contributed by atoms with Crippen LogP contribution in [0.15, 0.2) is 39.7 Å². The second-order valence-electron chi connectivity index (χ2n) is 6.95. The fourth-order valence-electron chi connectivity index (χ4n) is 3.28. The van der Waals surface area contributed by atoms with Crippen molar-refractivity contribution in [3.05, 3.63) is 36.1 Å². The lowest BCUT2D eigenvalue weighted by Crippen LogP contribution is -2.46. The van der Waals surface area contributed by atoms with Gasteiger partial charge >= 0.3 is 0 Å². The second kappa shape index (κ2) is 7.26. The molecule has 0 radical (unpaired) electrons. The predicted octanol–water partition coefficient (Wildman–Crippen LogP) is 2.83. The molecule has 5 nitrogen and oxygen atoms in total. The van der Waals surface area contributed by atoms with Gasteiger partial charge in [0.1, 0.15) is 11.3 Å². The van der Waals surface area contributed by atoms with Crippen molar-refractivity contribution in [2.24, 2.45) is 10.9 Å². The van der Waals surface area contributed by atoms with Crippen molar-refractivity contribution < 1.29 is 4.42 Å². The van der Waals surface area contributed by atoms with Crippen molar-refractivity contribution in [1.29, 1.82) is 0 Å². The molecule has 2 atom stereocenters. The lowest BCUT2D eigenvalue weighted by Gasteiger charge is -2.21. The first-order chi connectivity index (χ1) is 11.6. The fraction of sp³-hybridized carbons (Fsp3) is 0.526. The number of hydrogen-bond donors (Lipinski definition) is 2. The largest absolute Gasteiger partial charge is 0.459 e. The van der Waals surface area contributed by atoms with Gasteiger partial charge in [-0.2, -0.15) is 0 Å². The topological polar surface area (TPSA) is 52.8 Å². The normalized spacial score (nSPS) is 22.5. The quantitative estimate of drug-likeness (QED) is 0.669. The molecule has 1 aliphatic heterocycles. The molecule has 1 fully saturated rings. The van der Waals surface area contributed by atoms with E-state index in [1.165, 1.54) is 0 Å². The minimum atomic E-state index is 0.425. The Hall–Kier alpha value is -2.01. The Bertz CT molecular complexity index is 673. The van der Waals surface area contributed by atoms with E-state index < -0.39 is 0 Å². The van der Waals surface area contributed by atoms with E-state index in [-0.39, 0.29) is 0 Å². The second-order valence-corrected chi connectivity index (χ2v) is 6.95. The lowest BCUT2D eigenvalue weighted by atomic mass is 10.1. The van der Waals surface area contributed by atoms with E-state index in [2.05, 4.69) is 53.4 Å². The number of guanidine groups is 1. The van der Waals surface area contributed by atoms with Gasteiger partial charge in [0, 0.05) is 37.6 Å². The van der Waals surface area contributed by atoms with Gasteiger partial charge in [0.15, 0.2) is 5.96 Å². The molecule has 0 amide bonds. The monoisotopic (exact) mass is 328 g/mol. The Morgan fingerprint density at radius 1 is 1.33 bits per heavy atom. The van der Waals surface area contributed by atoms with Gasteiger partial charge in [-0.1, -0.05) is 25.1 Å². The summed E-state index contributed by atoms with van der Waals surface area (Å²) in [6.07, 6.45) is 0. The molecule has 3 rings (SSSR count). The number of nitrogens with one attached hydrogen (secondary N) is 2. The van der Waals surface area contributed by atoms with E-state index in [1.54, 1.807) is 0 Å². The summed E-state index contributed by atoms with van der Waals surface area (Å²) in [5, 5.41) is 8.06. The highest BCUT2D eigenvalue weighted by atomic mass is 16.3. The first kappa shape index (κ1) is 16.8. The van der Waals surface area contributed by atoms with Gasteiger partial charge in [-0.25, -0.2) is 0 Å². The zero-order valence-corrected chi connectivity index (χ0v) is 15.0. The molecule has 1 aromatic heterocycles. The molecule has 0 bridgehead atoms. The molecule has 1 aromatic carbocycles. The van der Waals surface area contributed by atoms with Crippen LogP contribution in [0.5, 0.6) is 0 Å². The SMILES string of the molecule is CN=C(NCc1cc2ccccc2o1)NC1CN(C(C)C)CC1C. The average Bonchev–Trinajstić information content (AvgIpc) is 3.14. The number of para-hydroxylation sites is 1. The zero-order valence-electron chi connectivity index (χ0n) is 15.0. The Balaban J connectivity index is 1.57. The van der Waals surface area contributed by atoms with Gasteiger partial charge in [0.05, 0.1) is 6.54 Å². The number of benzene rings is 1. The molecule has 2 N–H and O–H groups in total. The van der Waals surface area contributed by atoms with E-state index >= 15 is 0 Å². The number of aliphatic imine (C=N–C) groups is 1. The maximum atomic E-state index is 5.85. The summed E-state index contributed by atoms with van der Waals surface area (Å²) < 4.78 is 5.85. The molecule has 5 heteroatoms. The third-order valence-corrected chi connectivity index (χ3v) is 4.82. The summed E-state index contributed by atoms with van der Waals surface area (Å²) in [5.41, 5.74) is 0.925. The summed E-state index contributed by atoms with van der Waals surface area (Å²) in [6.45, 7) is 9.63. The summed E-state index contributed by atoms with van der Waals surface area (Å²) in [6, 6.07) is 11.2. The van der Waals surface area contributed by atoms with Crippen molar-refractivity contribution in [1.82, 2.24) is 15.5 Å². The molecule has 1 saturated heterocycles. The molecular weight excluding hydrogens is 300 g/mol. The van der Waals surface area contributed by atoms with E-state index in [4.69, 9.17) is 4.42 Å². The number of furan rings is 1. The molecule has 24 heavy (non-hydrogen) atoms. The molecule has 2 unspecified atom stereocenters. The molecule has 0 aliphatic carbocycles. The van der Waals surface area contributed by atoms with Crippen LogP contribution in [0.1, 0.15) is 26.5 Å². The van der Waals surface area contributed by atoms with Crippen molar-refractivity contribution in [2.75, 3.05) is 20.1 Å². The van der Waals surface area contributed by atoms with Crippen LogP contribution in [-0.2, 0) is 6.54 Å². The van der Waals surface area contributed by atoms with Crippen LogP contribution >= 0.6 is 0 Å². The minimum Gasteiger partial charge on any atom is -0.459 e. The first-order valence-electron chi connectivity index (χ1n) is 8.75. The van der Waals surface area contributed by atoms with Crippen LogP contribution in [0, 0.1) is 5.92 Å². The van der Waals surface area contributed by atoms with Crippen molar-refractivity contribution >= 4 is 16.9 Å². The Morgan fingerprint density at radius 3 is 2.79 bits per heavy atom. The molecule has 0 saturated carbocycles. The number of nitrogens with zero attached hydrogens (tertiary/aromatic N) is 2. The predicted molar refractivity (Wildman–Crippen MR) is 99.2 cm³/mol. The van der Waals surface area contributed by atoms with Crippen LogP contribution < -0.4 is 10.6 Å². The van der Waals surface area contributed by atoms with E-state index in [1.807, 2.05) is 25.2 Å². The van der Waals surface area contributed by atoms with E-state index in [9.17, 15) is 0 Å². The molecule has 2 heterocycles.